The lowest BCUT2D eigenvalue weighted by Crippen LogP contribution is -2.12. The Hall–Kier alpha value is -1.05. The highest BCUT2D eigenvalue weighted by molar-refractivity contribution is 7.80. The quantitative estimate of drug-likeness (QED) is 0.539. The summed E-state index contributed by atoms with van der Waals surface area (Å²) in [4.78, 5) is -0.766. The fourth-order valence-corrected chi connectivity index (χ4v) is 1.40. The number of halogens is 6. The first-order valence-electron chi connectivity index (χ1n) is 3.74. The van der Waals surface area contributed by atoms with E-state index in [0.717, 1.165) is 0 Å². The molecule has 90 valence electrons. The molecule has 0 amide bonds. The second kappa shape index (κ2) is 3.76. The van der Waals surface area contributed by atoms with Crippen molar-refractivity contribution in [2.75, 3.05) is 0 Å². The second-order valence-corrected chi connectivity index (χ2v) is 3.33. The molecule has 0 atom stereocenters. The molecule has 0 heterocycles. The van der Waals surface area contributed by atoms with Crippen LogP contribution in [-0.4, -0.2) is 5.11 Å². The van der Waals surface area contributed by atoms with Crippen LogP contribution in [0.5, 0.6) is 5.75 Å². The highest BCUT2D eigenvalue weighted by Gasteiger charge is 2.42. The fourth-order valence-electron chi connectivity index (χ4n) is 1.09. The summed E-state index contributed by atoms with van der Waals surface area (Å²) >= 11 is 3.36. The Bertz CT molecular complexity index is 408. The van der Waals surface area contributed by atoms with Crippen LogP contribution in [0, 0.1) is 0 Å². The minimum atomic E-state index is -5.09. The van der Waals surface area contributed by atoms with Crippen LogP contribution in [0.2, 0.25) is 0 Å². The van der Waals surface area contributed by atoms with E-state index in [4.69, 9.17) is 5.11 Å². The van der Waals surface area contributed by atoms with E-state index >= 15 is 0 Å². The summed E-state index contributed by atoms with van der Waals surface area (Å²) in [7, 11) is 0. The van der Waals surface area contributed by atoms with Gasteiger partial charge in [-0.05, 0) is 12.1 Å². The number of alkyl halides is 6. The predicted molar refractivity (Wildman–Crippen MR) is 45.4 cm³/mol. The van der Waals surface area contributed by atoms with Gasteiger partial charge in [0.1, 0.15) is 11.3 Å². The second-order valence-electron chi connectivity index (χ2n) is 2.85. The summed E-state index contributed by atoms with van der Waals surface area (Å²) in [5, 5.41) is 8.95. The van der Waals surface area contributed by atoms with E-state index in [1.54, 1.807) is 0 Å². The van der Waals surface area contributed by atoms with Gasteiger partial charge in [0.15, 0.2) is 0 Å². The molecule has 0 saturated carbocycles. The molecule has 0 radical (unpaired) electrons. The topological polar surface area (TPSA) is 20.2 Å². The number of phenols is 1. The molecule has 0 fully saturated rings. The van der Waals surface area contributed by atoms with Gasteiger partial charge < -0.3 is 5.11 Å². The zero-order valence-corrected chi connectivity index (χ0v) is 8.21. The van der Waals surface area contributed by atoms with Gasteiger partial charge in [0.2, 0.25) is 0 Å². The Morgan fingerprint density at radius 1 is 0.938 bits per heavy atom. The first kappa shape index (κ1) is 13.0. The van der Waals surface area contributed by atoms with Crippen LogP contribution in [0.25, 0.3) is 0 Å². The van der Waals surface area contributed by atoms with Crippen molar-refractivity contribution in [2.45, 2.75) is 17.2 Å². The Labute approximate surface area is 91.1 Å². The fraction of sp³-hybridized carbons (Fsp3) is 0.250. The lowest BCUT2D eigenvalue weighted by atomic mass is 10.1. The summed E-state index contributed by atoms with van der Waals surface area (Å²) in [5.41, 5.74) is -3.52. The van der Waals surface area contributed by atoms with Gasteiger partial charge in [-0.1, -0.05) is 0 Å². The molecule has 0 bridgehead atoms. The molecule has 0 aromatic heterocycles. The number of benzene rings is 1. The Morgan fingerprint density at radius 2 is 1.44 bits per heavy atom. The highest BCUT2D eigenvalue weighted by atomic mass is 32.1. The summed E-state index contributed by atoms with van der Waals surface area (Å²) in [5.74, 6) is -1.85. The standard InChI is InChI=1S/C8H4F6OS/c9-7(10,11)3-1-2-4(16)5(6(3)15)8(12,13)14/h1-2,15-16H. The molecule has 1 N–H and O–H groups in total. The van der Waals surface area contributed by atoms with Crippen LogP contribution >= 0.6 is 12.6 Å². The van der Waals surface area contributed by atoms with Crippen molar-refractivity contribution in [1.29, 1.82) is 0 Å². The Morgan fingerprint density at radius 3 is 1.81 bits per heavy atom. The van der Waals surface area contributed by atoms with Crippen LogP contribution in [0.15, 0.2) is 17.0 Å². The van der Waals surface area contributed by atoms with Crippen molar-refractivity contribution >= 4 is 12.6 Å². The minimum Gasteiger partial charge on any atom is -0.507 e. The van der Waals surface area contributed by atoms with Crippen molar-refractivity contribution in [3.63, 3.8) is 0 Å². The predicted octanol–water partition coefficient (Wildman–Crippen LogP) is 3.72. The normalized spacial score (nSPS) is 12.9. The van der Waals surface area contributed by atoms with Crippen LogP contribution in [0.4, 0.5) is 26.3 Å². The van der Waals surface area contributed by atoms with Gasteiger partial charge in [0, 0.05) is 4.90 Å². The molecule has 8 heteroatoms. The lowest BCUT2D eigenvalue weighted by molar-refractivity contribution is -0.146. The minimum absolute atomic E-state index is 0.340. The molecule has 1 aromatic rings. The number of hydrogen-bond donors (Lipinski definition) is 2. The number of phenolic OH excluding ortho intramolecular Hbond substituents is 1. The zero-order valence-electron chi connectivity index (χ0n) is 7.32. The first-order valence-corrected chi connectivity index (χ1v) is 4.19. The number of thiol groups is 1. The van der Waals surface area contributed by atoms with Crippen LogP contribution < -0.4 is 0 Å². The lowest BCUT2D eigenvalue weighted by Gasteiger charge is -2.16. The van der Waals surface area contributed by atoms with Gasteiger partial charge in [-0.15, -0.1) is 12.6 Å². The summed E-state index contributed by atoms with van der Waals surface area (Å²) in [6.45, 7) is 0. The number of hydrogen-bond acceptors (Lipinski definition) is 2. The number of aromatic hydroxyl groups is 1. The van der Waals surface area contributed by atoms with E-state index in [0.29, 0.717) is 12.1 Å². The SMILES string of the molecule is Oc1c(C(F)(F)F)ccc(S)c1C(F)(F)F. The van der Waals surface area contributed by atoms with Gasteiger partial charge >= 0.3 is 12.4 Å². The van der Waals surface area contributed by atoms with Crippen molar-refractivity contribution < 1.29 is 31.4 Å². The maximum absolute atomic E-state index is 12.3. The third-order valence-corrected chi connectivity index (χ3v) is 2.12. The van der Waals surface area contributed by atoms with E-state index in [2.05, 4.69) is 12.6 Å². The van der Waals surface area contributed by atoms with Crippen molar-refractivity contribution in [3.8, 4) is 5.75 Å². The molecule has 1 nitrogen and oxygen atoms in total. The Balaban J connectivity index is 3.52. The van der Waals surface area contributed by atoms with Gasteiger partial charge in [-0.2, -0.15) is 26.3 Å². The number of rotatable bonds is 0. The summed E-state index contributed by atoms with van der Waals surface area (Å²) in [6, 6.07) is 0.876. The van der Waals surface area contributed by atoms with E-state index in [1.165, 1.54) is 0 Å². The zero-order chi connectivity index (χ0) is 12.7. The molecular weight excluding hydrogens is 258 g/mol. The monoisotopic (exact) mass is 262 g/mol. The van der Waals surface area contributed by atoms with Crippen LogP contribution in [-0.2, 0) is 12.4 Å². The molecule has 1 aromatic carbocycles. The van der Waals surface area contributed by atoms with E-state index in [-0.39, 0.29) is 0 Å². The molecule has 0 unspecified atom stereocenters. The molecule has 0 saturated heterocycles. The molecule has 0 spiro atoms. The molecular formula is C8H4F6OS. The van der Waals surface area contributed by atoms with E-state index < -0.39 is 34.1 Å². The largest absolute Gasteiger partial charge is 0.507 e. The van der Waals surface area contributed by atoms with Crippen molar-refractivity contribution in [2.24, 2.45) is 0 Å². The maximum Gasteiger partial charge on any atom is 0.421 e. The van der Waals surface area contributed by atoms with Crippen LogP contribution in [0.1, 0.15) is 11.1 Å². The molecule has 1 rings (SSSR count). The average molecular weight is 262 g/mol. The van der Waals surface area contributed by atoms with Crippen molar-refractivity contribution in [1.82, 2.24) is 0 Å². The van der Waals surface area contributed by atoms with Gasteiger partial charge in [-0.3, -0.25) is 0 Å². The average Bonchev–Trinajstić information content (AvgIpc) is 1.97. The molecule has 0 aliphatic heterocycles. The third-order valence-electron chi connectivity index (χ3n) is 1.74. The van der Waals surface area contributed by atoms with Crippen molar-refractivity contribution in [3.05, 3.63) is 23.3 Å². The van der Waals surface area contributed by atoms with Gasteiger partial charge in [-0.25, -0.2) is 0 Å². The highest BCUT2D eigenvalue weighted by Crippen LogP contribution is 2.45. The smallest absolute Gasteiger partial charge is 0.421 e. The first-order chi connectivity index (χ1) is 7.05. The molecule has 16 heavy (non-hydrogen) atoms. The molecule has 0 aliphatic rings. The Kier molecular flexibility index (Phi) is 3.06. The molecule has 0 aliphatic carbocycles. The van der Waals surface area contributed by atoms with Gasteiger partial charge in [0.25, 0.3) is 0 Å². The third kappa shape index (κ3) is 2.37. The van der Waals surface area contributed by atoms with Crippen LogP contribution in [0.3, 0.4) is 0 Å². The van der Waals surface area contributed by atoms with E-state index in [9.17, 15) is 26.3 Å². The summed E-state index contributed by atoms with van der Waals surface area (Å²) in [6.07, 6.45) is -10.1. The van der Waals surface area contributed by atoms with Gasteiger partial charge in [0.05, 0.1) is 5.56 Å². The van der Waals surface area contributed by atoms with E-state index in [1.807, 2.05) is 0 Å². The maximum atomic E-state index is 12.3. The summed E-state index contributed by atoms with van der Waals surface area (Å²) < 4.78 is 73.5.